The molecule has 0 aliphatic heterocycles. The second kappa shape index (κ2) is 8.24. The highest BCUT2D eigenvalue weighted by atomic mass is 16.6. The predicted molar refractivity (Wildman–Crippen MR) is 78.9 cm³/mol. The third kappa shape index (κ3) is 4.73. The van der Waals surface area contributed by atoms with E-state index in [0.717, 1.165) is 25.7 Å². The molecule has 1 N–H and O–H groups in total. The zero-order valence-corrected chi connectivity index (χ0v) is 12.4. The molecule has 0 aliphatic rings. The van der Waals surface area contributed by atoms with Crippen molar-refractivity contribution in [1.82, 2.24) is 0 Å². The minimum Gasteiger partial charge on any atom is -0.487 e. The molecule has 1 aromatic rings. The number of nitro benzene ring substituents is 1. The van der Waals surface area contributed by atoms with E-state index in [9.17, 15) is 14.9 Å². The molecule has 0 bridgehead atoms. The maximum atomic E-state index is 11.1. The zero-order chi connectivity index (χ0) is 15.8. The minimum absolute atomic E-state index is 0.0230. The van der Waals surface area contributed by atoms with E-state index < -0.39 is 16.6 Å². The Morgan fingerprint density at radius 2 is 2.14 bits per heavy atom. The molecule has 1 atom stereocenters. The van der Waals surface area contributed by atoms with Crippen molar-refractivity contribution in [2.75, 3.05) is 6.61 Å². The van der Waals surface area contributed by atoms with Crippen molar-refractivity contribution >= 4 is 11.7 Å². The van der Waals surface area contributed by atoms with Crippen LogP contribution < -0.4 is 4.74 Å². The summed E-state index contributed by atoms with van der Waals surface area (Å²) >= 11 is 0. The van der Waals surface area contributed by atoms with Gasteiger partial charge < -0.3 is 9.84 Å². The van der Waals surface area contributed by atoms with Gasteiger partial charge in [-0.05, 0) is 24.5 Å². The summed E-state index contributed by atoms with van der Waals surface area (Å²) in [6, 6.07) is 4.11. The van der Waals surface area contributed by atoms with E-state index in [4.69, 9.17) is 9.84 Å². The maximum Gasteiger partial charge on any atom is 0.342 e. The molecule has 0 aliphatic carbocycles. The Morgan fingerprint density at radius 1 is 1.43 bits per heavy atom. The number of para-hydroxylation sites is 1. The summed E-state index contributed by atoms with van der Waals surface area (Å²) in [7, 11) is 0. The standard InChI is InChI=1S/C15H21NO5/c1-3-5-7-11(4-2)10-21-13-9-6-8-12(15(17)18)14(13)16(19)20/h6,8-9,11H,3-5,7,10H2,1-2H3,(H,17,18). The van der Waals surface area contributed by atoms with Gasteiger partial charge in [0.15, 0.2) is 5.75 Å². The average Bonchev–Trinajstić information content (AvgIpc) is 2.46. The minimum atomic E-state index is -1.33. The SMILES string of the molecule is CCCCC(CC)COc1cccc(C(=O)O)c1[N+](=O)[O-]. The molecule has 0 saturated carbocycles. The zero-order valence-electron chi connectivity index (χ0n) is 12.4. The molecule has 0 spiro atoms. The van der Waals surface area contributed by atoms with Gasteiger partial charge in [-0.2, -0.15) is 0 Å². The van der Waals surface area contributed by atoms with Crippen LogP contribution in [0.1, 0.15) is 49.9 Å². The number of benzene rings is 1. The molecular formula is C15H21NO5. The van der Waals surface area contributed by atoms with E-state index in [1.165, 1.54) is 18.2 Å². The predicted octanol–water partition coefficient (Wildman–Crippen LogP) is 3.89. The van der Waals surface area contributed by atoms with Gasteiger partial charge in [-0.3, -0.25) is 10.1 Å². The molecule has 6 heteroatoms. The molecule has 0 radical (unpaired) electrons. The largest absolute Gasteiger partial charge is 0.487 e. The lowest BCUT2D eigenvalue weighted by Gasteiger charge is -2.15. The molecular weight excluding hydrogens is 274 g/mol. The van der Waals surface area contributed by atoms with Gasteiger partial charge in [-0.15, -0.1) is 0 Å². The van der Waals surface area contributed by atoms with Crippen LogP contribution in [-0.4, -0.2) is 22.6 Å². The second-order valence-corrected chi connectivity index (χ2v) is 4.94. The maximum absolute atomic E-state index is 11.1. The Labute approximate surface area is 123 Å². The molecule has 6 nitrogen and oxygen atoms in total. The third-order valence-electron chi connectivity index (χ3n) is 3.43. The van der Waals surface area contributed by atoms with Crippen LogP contribution in [0.2, 0.25) is 0 Å². The molecule has 1 unspecified atom stereocenters. The normalized spacial score (nSPS) is 11.9. The van der Waals surface area contributed by atoms with Crippen LogP contribution in [0.15, 0.2) is 18.2 Å². The van der Waals surface area contributed by atoms with Crippen molar-refractivity contribution in [3.8, 4) is 5.75 Å². The number of nitrogens with zero attached hydrogens (tertiary/aromatic N) is 1. The number of carboxylic acids is 1. The molecule has 0 heterocycles. The first-order valence-corrected chi connectivity index (χ1v) is 7.14. The summed E-state index contributed by atoms with van der Waals surface area (Å²) in [4.78, 5) is 21.4. The Balaban J connectivity index is 2.90. The van der Waals surface area contributed by atoms with Crippen LogP contribution >= 0.6 is 0 Å². The summed E-state index contributed by atoms with van der Waals surface area (Å²) in [6.45, 7) is 4.51. The molecule has 0 fully saturated rings. The van der Waals surface area contributed by atoms with Gasteiger partial charge in [0.05, 0.1) is 11.5 Å². The highest BCUT2D eigenvalue weighted by Gasteiger charge is 2.25. The lowest BCUT2D eigenvalue weighted by Crippen LogP contribution is -2.13. The highest BCUT2D eigenvalue weighted by Crippen LogP contribution is 2.31. The lowest BCUT2D eigenvalue weighted by atomic mass is 10.0. The number of nitro groups is 1. The van der Waals surface area contributed by atoms with Gasteiger partial charge in [-0.1, -0.05) is 39.2 Å². The molecule has 0 aromatic heterocycles. The Morgan fingerprint density at radius 3 is 2.67 bits per heavy atom. The number of hydrogen-bond acceptors (Lipinski definition) is 4. The molecule has 1 aromatic carbocycles. The van der Waals surface area contributed by atoms with Crippen molar-refractivity contribution < 1.29 is 19.6 Å². The molecule has 1 rings (SSSR count). The summed E-state index contributed by atoms with van der Waals surface area (Å²) in [5, 5.41) is 20.1. The van der Waals surface area contributed by atoms with Gasteiger partial charge in [0.2, 0.25) is 0 Å². The van der Waals surface area contributed by atoms with Crippen LogP contribution in [0.4, 0.5) is 5.69 Å². The summed E-state index contributed by atoms with van der Waals surface area (Å²) < 4.78 is 5.53. The van der Waals surface area contributed by atoms with E-state index >= 15 is 0 Å². The van der Waals surface area contributed by atoms with Crippen molar-refractivity contribution in [2.24, 2.45) is 5.92 Å². The van der Waals surface area contributed by atoms with Gasteiger partial charge in [-0.25, -0.2) is 4.79 Å². The quantitative estimate of drug-likeness (QED) is 0.551. The molecule has 116 valence electrons. The second-order valence-electron chi connectivity index (χ2n) is 4.94. The molecule has 21 heavy (non-hydrogen) atoms. The smallest absolute Gasteiger partial charge is 0.342 e. The Hall–Kier alpha value is -2.11. The Kier molecular flexibility index (Phi) is 6.65. The first kappa shape index (κ1) is 16.9. The van der Waals surface area contributed by atoms with Crippen molar-refractivity contribution in [3.63, 3.8) is 0 Å². The van der Waals surface area contributed by atoms with Crippen LogP contribution in [0.25, 0.3) is 0 Å². The number of carbonyl (C=O) groups is 1. The van der Waals surface area contributed by atoms with Crippen LogP contribution in [0, 0.1) is 16.0 Å². The van der Waals surface area contributed by atoms with Crippen LogP contribution in [0.3, 0.4) is 0 Å². The topological polar surface area (TPSA) is 89.7 Å². The number of ether oxygens (including phenoxy) is 1. The summed E-state index contributed by atoms with van der Waals surface area (Å²) in [5.74, 6) is -0.988. The van der Waals surface area contributed by atoms with Gasteiger partial charge >= 0.3 is 11.7 Å². The third-order valence-corrected chi connectivity index (χ3v) is 3.43. The fourth-order valence-electron chi connectivity index (χ4n) is 2.11. The number of aromatic carboxylic acids is 1. The summed E-state index contributed by atoms with van der Waals surface area (Å²) in [5.41, 5.74) is -0.825. The van der Waals surface area contributed by atoms with Crippen molar-refractivity contribution in [2.45, 2.75) is 39.5 Å². The Bertz CT molecular complexity index is 501. The van der Waals surface area contributed by atoms with Gasteiger partial charge in [0.25, 0.3) is 0 Å². The molecule has 0 amide bonds. The first-order valence-electron chi connectivity index (χ1n) is 7.14. The first-order chi connectivity index (χ1) is 10.0. The number of rotatable bonds is 9. The highest BCUT2D eigenvalue weighted by molar-refractivity contribution is 5.93. The van der Waals surface area contributed by atoms with E-state index in [-0.39, 0.29) is 11.3 Å². The molecule has 0 saturated heterocycles. The fraction of sp³-hybridized carbons (Fsp3) is 0.533. The van der Waals surface area contributed by atoms with Crippen molar-refractivity contribution in [1.29, 1.82) is 0 Å². The van der Waals surface area contributed by atoms with E-state index in [2.05, 4.69) is 6.92 Å². The summed E-state index contributed by atoms with van der Waals surface area (Å²) in [6.07, 6.45) is 4.09. The van der Waals surface area contributed by atoms with Crippen LogP contribution in [0.5, 0.6) is 5.75 Å². The monoisotopic (exact) mass is 295 g/mol. The number of unbranched alkanes of at least 4 members (excludes halogenated alkanes) is 1. The number of hydrogen-bond donors (Lipinski definition) is 1. The van der Waals surface area contributed by atoms with Gasteiger partial charge in [0, 0.05) is 0 Å². The van der Waals surface area contributed by atoms with Gasteiger partial charge in [0.1, 0.15) is 5.56 Å². The average molecular weight is 295 g/mol. The van der Waals surface area contributed by atoms with Crippen LogP contribution in [-0.2, 0) is 0 Å². The van der Waals surface area contributed by atoms with E-state index in [1.807, 2.05) is 6.92 Å². The fourth-order valence-corrected chi connectivity index (χ4v) is 2.11. The van der Waals surface area contributed by atoms with E-state index in [0.29, 0.717) is 12.5 Å². The number of carboxylic acid groups (broad SMARTS) is 1. The van der Waals surface area contributed by atoms with E-state index in [1.54, 1.807) is 0 Å². The van der Waals surface area contributed by atoms with Crippen molar-refractivity contribution in [3.05, 3.63) is 33.9 Å². The lowest BCUT2D eigenvalue weighted by molar-refractivity contribution is -0.386.